The fourth-order valence-electron chi connectivity index (χ4n) is 3.44. The molecule has 1 aromatic heterocycles. The van der Waals surface area contributed by atoms with Crippen molar-refractivity contribution < 1.29 is 0 Å². The van der Waals surface area contributed by atoms with E-state index in [4.69, 9.17) is 0 Å². The molecule has 18 heavy (non-hydrogen) atoms. The van der Waals surface area contributed by atoms with Crippen molar-refractivity contribution in [3.63, 3.8) is 0 Å². The minimum atomic E-state index is 0.427. The second-order valence-electron chi connectivity index (χ2n) is 5.82. The largest absolute Gasteiger partial charge is 0.310 e. The third-order valence-corrected chi connectivity index (χ3v) is 5.18. The highest BCUT2D eigenvalue weighted by Gasteiger charge is 2.36. The molecule has 0 radical (unpaired) electrons. The SMILES string of the molecule is Cc1ncc(CN2CCCNC3(CCCC3)C2)s1. The zero-order valence-corrected chi connectivity index (χ0v) is 12.1. The van der Waals surface area contributed by atoms with Gasteiger partial charge in [0.15, 0.2) is 0 Å². The zero-order chi connectivity index (χ0) is 12.4. The van der Waals surface area contributed by atoms with E-state index in [0.29, 0.717) is 5.54 Å². The Balaban J connectivity index is 1.67. The van der Waals surface area contributed by atoms with Gasteiger partial charge in [-0.1, -0.05) is 12.8 Å². The van der Waals surface area contributed by atoms with Crippen LogP contribution in [0.15, 0.2) is 6.20 Å². The van der Waals surface area contributed by atoms with Crippen LogP contribution in [0.5, 0.6) is 0 Å². The minimum absolute atomic E-state index is 0.427. The maximum atomic E-state index is 4.37. The van der Waals surface area contributed by atoms with Gasteiger partial charge in [0.1, 0.15) is 0 Å². The summed E-state index contributed by atoms with van der Waals surface area (Å²) in [5.41, 5.74) is 0.427. The van der Waals surface area contributed by atoms with Gasteiger partial charge in [-0.05, 0) is 39.3 Å². The molecule has 2 heterocycles. The van der Waals surface area contributed by atoms with Crippen molar-refractivity contribution >= 4 is 11.3 Å². The molecule has 2 aliphatic rings. The highest BCUT2D eigenvalue weighted by molar-refractivity contribution is 7.11. The maximum absolute atomic E-state index is 4.37. The third-order valence-electron chi connectivity index (χ3n) is 4.29. The molecule has 0 amide bonds. The van der Waals surface area contributed by atoms with Gasteiger partial charge >= 0.3 is 0 Å². The molecule has 0 atom stereocenters. The number of rotatable bonds is 2. The van der Waals surface area contributed by atoms with E-state index < -0.39 is 0 Å². The summed E-state index contributed by atoms with van der Waals surface area (Å²) in [7, 11) is 0. The van der Waals surface area contributed by atoms with Crippen LogP contribution in [0.4, 0.5) is 0 Å². The summed E-state index contributed by atoms with van der Waals surface area (Å²) in [6.07, 6.45) is 8.87. The van der Waals surface area contributed by atoms with Gasteiger partial charge in [0, 0.05) is 29.7 Å². The normalized spacial score (nSPS) is 24.5. The molecular formula is C14H23N3S. The number of aryl methyl sites for hydroxylation is 1. The first-order valence-corrected chi connectivity index (χ1v) is 7.96. The average Bonchev–Trinajstić information content (AvgIpc) is 2.89. The van der Waals surface area contributed by atoms with Gasteiger partial charge in [-0.2, -0.15) is 0 Å². The van der Waals surface area contributed by atoms with Crippen LogP contribution in [0.3, 0.4) is 0 Å². The molecule has 1 aliphatic carbocycles. The molecule has 1 N–H and O–H groups in total. The van der Waals surface area contributed by atoms with Gasteiger partial charge < -0.3 is 5.32 Å². The summed E-state index contributed by atoms with van der Waals surface area (Å²) >= 11 is 1.85. The van der Waals surface area contributed by atoms with E-state index in [0.717, 1.165) is 6.54 Å². The van der Waals surface area contributed by atoms with Gasteiger partial charge in [0.2, 0.25) is 0 Å². The van der Waals surface area contributed by atoms with Crippen molar-refractivity contribution in [3.8, 4) is 0 Å². The predicted molar refractivity (Wildman–Crippen MR) is 75.9 cm³/mol. The van der Waals surface area contributed by atoms with Gasteiger partial charge in [-0.25, -0.2) is 4.98 Å². The summed E-state index contributed by atoms with van der Waals surface area (Å²) in [5, 5.41) is 5.01. The lowest BCUT2D eigenvalue weighted by atomic mass is 9.97. The van der Waals surface area contributed by atoms with E-state index in [1.807, 2.05) is 11.3 Å². The molecular weight excluding hydrogens is 242 g/mol. The molecule has 3 nitrogen and oxygen atoms in total. The summed E-state index contributed by atoms with van der Waals surface area (Å²) in [6, 6.07) is 0. The molecule has 1 spiro atoms. The van der Waals surface area contributed by atoms with Gasteiger partial charge in [-0.15, -0.1) is 11.3 Å². The first-order valence-electron chi connectivity index (χ1n) is 7.15. The minimum Gasteiger partial charge on any atom is -0.310 e. The molecule has 1 saturated heterocycles. The summed E-state index contributed by atoms with van der Waals surface area (Å²) in [4.78, 5) is 8.43. The molecule has 0 bridgehead atoms. The first-order chi connectivity index (χ1) is 8.76. The number of nitrogens with one attached hydrogen (secondary N) is 1. The smallest absolute Gasteiger partial charge is 0.0897 e. The Kier molecular flexibility index (Phi) is 3.68. The highest BCUT2D eigenvalue weighted by atomic mass is 32.1. The molecule has 100 valence electrons. The summed E-state index contributed by atoms with van der Waals surface area (Å²) in [5.74, 6) is 0. The highest BCUT2D eigenvalue weighted by Crippen LogP contribution is 2.32. The molecule has 3 rings (SSSR count). The Morgan fingerprint density at radius 3 is 2.94 bits per heavy atom. The van der Waals surface area contributed by atoms with E-state index in [9.17, 15) is 0 Å². The van der Waals surface area contributed by atoms with E-state index in [-0.39, 0.29) is 0 Å². The maximum Gasteiger partial charge on any atom is 0.0897 e. The van der Waals surface area contributed by atoms with E-state index in [1.54, 1.807) is 0 Å². The molecule has 4 heteroatoms. The monoisotopic (exact) mass is 265 g/mol. The standard InChI is InChI=1S/C14H23N3S/c1-12-15-9-13(18-12)10-17-8-4-7-16-14(11-17)5-2-3-6-14/h9,16H,2-8,10-11H2,1H3. The summed E-state index contributed by atoms with van der Waals surface area (Å²) < 4.78 is 0. The molecule has 0 aromatic carbocycles. The van der Waals surface area contributed by atoms with Gasteiger partial charge in [-0.3, -0.25) is 4.90 Å². The lowest BCUT2D eigenvalue weighted by molar-refractivity contribution is 0.205. The Labute approximate surface area is 114 Å². The first kappa shape index (κ1) is 12.6. The van der Waals surface area contributed by atoms with Crippen LogP contribution >= 0.6 is 11.3 Å². The number of thiazole rings is 1. The van der Waals surface area contributed by atoms with Crippen molar-refractivity contribution in [2.24, 2.45) is 0 Å². The van der Waals surface area contributed by atoms with Crippen LogP contribution in [0.25, 0.3) is 0 Å². The van der Waals surface area contributed by atoms with Crippen LogP contribution < -0.4 is 5.32 Å². The van der Waals surface area contributed by atoms with E-state index >= 15 is 0 Å². The van der Waals surface area contributed by atoms with Crippen LogP contribution in [0.1, 0.15) is 42.0 Å². The second kappa shape index (κ2) is 5.27. The third kappa shape index (κ3) is 2.76. The predicted octanol–water partition coefficient (Wildman–Crippen LogP) is 2.56. The van der Waals surface area contributed by atoms with Crippen molar-refractivity contribution in [1.82, 2.24) is 15.2 Å². The van der Waals surface area contributed by atoms with Crippen LogP contribution in [0, 0.1) is 6.92 Å². The molecule has 1 aromatic rings. The van der Waals surface area contributed by atoms with Crippen molar-refractivity contribution in [3.05, 3.63) is 16.1 Å². The molecule has 1 saturated carbocycles. The van der Waals surface area contributed by atoms with E-state index in [1.165, 1.54) is 61.6 Å². The topological polar surface area (TPSA) is 28.2 Å². The van der Waals surface area contributed by atoms with Crippen LogP contribution in [-0.4, -0.2) is 35.1 Å². The fraction of sp³-hybridized carbons (Fsp3) is 0.786. The number of hydrogen-bond acceptors (Lipinski definition) is 4. The van der Waals surface area contributed by atoms with E-state index in [2.05, 4.69) is 28.3 Å². The lowest BCUT2D eigenvalue weighted by Gasteiger charge is -2.33. The Morgan fingerprint density at radius 1 is 1.39 bits per heavy atom. The van der Waals surface area contributed by atoms with Crippen molar-refractivity contribution in [2.75, 3.05) is 19.6 Å². The number of nitrogens with zero attached hydrogens (tertiary/aromatic N) is 2. The fourth-order valence-corrected chi connectivity index (χ4v) is 4.28. The lowest BCUT2D eigenvalue weighted by Crippen LogP contribution is -2.49. The quantitative estimate of drug-likeness (QED) is 0.891. The molecule has 2 fully saturated rings. The average molecular weight is 265 g/mol. The summed E-state index contributed by atoms with van der Waals surface area (Å²) in [6.45, 7) is 6.83. The Hall–Kier alpha value is -0.450. The number of hydrogen-bond donors (Lipinski definition) is 1. The second-order valence-corrected chi connectivity index (χ2v) is 7.14. The number of aromatic nitrogens is 1. The van der Waals surface area contributed by atoms with Gasteiger partial charge in [0.25, 0.3) is 0 Å². The van der Waals surface area contributed by atoms with Crippen LogP contribution in [0.2, 0.25) is 0 Å². The Morgan fingerprint density at radius 2 is 2.22 bits per heavy atom. The van der Waals surface area contributed by atoms with Crippen molar-refractivity contribution in [2.45, 2.75) is 51.1 Å². The molecule has 1 aliphatic heterocycles. The van der Waals surface area contributed by atoms with Gasteiger partial charge in [0.05, 0.1) is 5.01 Å². The Bertz CT molecular complexity index is 395. The van der Waals surface area contributed by atoms with Crippen LogP contribution in [-0.2, 0) is 6.54 Å². The molecule has 0 unspecified atom stereocenters. The van der Waals surface area contributed by atoms with Crippen molar-refractivity contribution in [1.29, 1.82) is 0 Å². The zero-order valence-electron chi connectivity index (χ0n) is 11.2.